The van der Waals surface area contributed by atoms with Gasteiger partial charge in [0.05, 0.1) is 42.9 Å². The number of nitrogens with zero attached hydrogens (tertiary/aromatic N) is 2. The lowest BCUT2D eigenvalue weighted by Crippen LogP contribution is -2.28. The number of carbonyl (C=O) groups excluding carboxylic acids is 1. The number of fused-ring (bicyclic) bond motifs is 5. The predicted molar refractivity (Wildman–Crippen MR) is 127 cm³/mol. The molecule has 5 nitrogen and oxygen atoms in total. The second-order valence-electron chi connectivity index (χ2n) is 8.15. The largest absolute Gasteiger partial charge is 0.493 e. The van der Waals surface area contributed by atoms with Crippen molar-refractivity contribution in [2.75, 3.05) is 19.1 Å². The standard InChI is InChI=1S/C26H23ClN2O3/c1-14-11-20-22(12-15(14)2)29-21(13-19(28-20)16-5-7-17(27)8-6-16)18-9-10-23(31-3)25(32-4)24(18)26(29)30/h5-12,21H,13H2,1-4H3. The summed E-state index contributed by atoms with van der Waals surface area (Å²) >= 11 is 6.12. The molecule has 0 bridgehead atoms. The predicted octanol–water partition coefficient (Wildman–Crippen LogP) is 6.20. The first-order valence-electron chi connectivity index (χ1n) is 10.5. The fraction of sp³-hybridized carbons (Fsp3) is 0.231. The molecule has 1 atom stereocenters. The van der Waals surface area contributed by atoms with E-state index >= 15 is 0 Å². The molecule has 0 aromatic heterocycles. The Kier molecular flexibility index (Phi) is 4.94. The van der Waals surface area contributed by atoms with Crippen molar-refractivity contribution in [2.24, 2.45) is 4.99 Å². The molecule has 2 heterocycles. The number of hydrogen-bond donors (Lipinski definition) is 0. The molecule has 3 aromatic carbocycles. The van der Waals surface area contributed by atoms with Crippen LogP contribution in [0.1, 0.15) is 45.1 Å². The number of methoxy groups -OCH3 is 2. The molecule has 0 spiro atoms. The van der Waals surface area contributed by atoms with Gasteiger partial charge in [0.2, 0.25) is 0 Å². The lowest BCUT2D eigenvalue weighted by molar-refractivity contribution is 0.0989. The van der Waals surface area contributed by atoms with Crippen molar-refractivity contribution in [3.63, 3.8) is 0 Å². The van der Waals surface area contributed by atoms with Crippen LogP contribution >= 0.6 is 11.6 Å². The number of hydrogen-bond acceptors (Lipinski definition) is 4. The van der Waals surface area contributed by atoms with Crippen LogP contribution in [0.3, 0.4) is 0 Å². The number of aryl methyl sites for hydroxylation is 2. The van der Waals surface area contributed by atoms with Gasteiger partial charge in [-0.2, -0.15) is 0 Å². The monoisotopic (exact) mass is 446 g/mol. The van der Waals surface area contributed by atoms with Gasteiger partial charge in [0, 0.05) is 11.4 Å². The number of anilines is 1. The summed E-state index contributed by atoms with van der Waals surface area (Å²) < 4.78 is 11.1. The van der Waals surface area contributed by atoms with E-state index in [1.54, 1.807) is 14.2 Å². The molecule has 162 valence electrons. The number of benzene rings is 3. The van der Waals surface area contributed by atoms with Gasteiger partial charge in [0.1, 0.15) is 0 Å². The maximum Gasteiger partial charge on any atom is 0.263 e. The summed E-state index contributed by atoms with van der Waals surface area (Å²) in [6, 6.07) is 15.4. The second kappa shape index (κ2) is 7.68. The highest BCUT2D eigenvalue weighted by molar-refractivity contribution is 6.30. The highest BCUT2D eigenvalue weighted by atomic mass is 35.5. The third-order valence-corrected chi connectivity index (χ3v) is 6.60. The van der Waals surface area contributed by atoms with Gasteiger partial charge in [-0.3, -0.25) is 14.7 Å². The van der Waals surface area contributed by atoms with Crippen molar-refractivity contribution in [2.45, 2.75) is 26.3 Å². The van der Waals surface area contributed by atoms with Gasteiger partial charge in [0.25, 0.3) is 5.91 Å². The highest BCUT2D eigenvalue weighted by Gasteiger charge is 2.43. The lowest BCUT2D eigenvalue weighted by Gasteiger charge is -2.25. The fourth-order valence-corrected chi connectivity index (χ4v) is 4.71. The molecule has 3 aromatic rings. The minimum atomic E-state index is -0.199. The number of ether oxygens (including phenoxy) is 2. The third-order valence-electron chi connectivity index (χ3n) is 6.35. The normalized spacial score (nSPS) is 16.7. The number of rotatable bonds is 3. The lowest BCUT2D eigenvalue weighted by atomic mass is 9.96. The van der Waals surface area contributed by atoms with Crippen molar-refractivity contribution < 1.29 is 14.3 Å². The Morgan fingerprint density at radius 3 is 2.41 bits per heavy atom. The molecule has 0 radical (unpaired) electrons. The quantitative estimate of drug-likeness (QED) is 0.481. The van der Waals surface area contributed by atoms with Crippen molar-refractivity contribution >= 4 is 34.6 Å². The Morgan fingerprint density at radius 1 is 1.00 bits per heavy atom. The van der Waals surface area contributed by atoms with Crippen LogP contribution in [0, 0.1) is 13.8 Å². The summed E-state index contributed by atoms with van der Waals surface area (Å²) in [4.78, 5) is 20.7. The molecule has 2 aliphatic heterocycles. The van der Waals surface area contributed by atoms with Crippen molar-refractivity contribution in [3.8, 4) is 11.5 Å². The topological polar surface area (TPSA) is 51.1 Å². The van der Waals surface area contributed by atoms with Crippen LogP contribution in [-0.4, -0.2) is 25.8 Å². The maximum atomic E-state index is 13.8. The molecular weight excluding hydrogens is 424 g/mol. The van der Waals surface area contributed by atoms with Crippen LogP contribution in [0.25, 0.3) is 0 Å². The molecule has 1 unspecified atom stereocenters. The number of carbonyl (C=O) groups is 1. The van der Waals surface area contributed by atoms with E-state index in [4.69, 9.17) is 26.1 Å². The molecule has 5 rings (SSSR count). The molecule has 0 aliphatic carbocycles. The van der Waals surface area contributed by atoms with E-state index in [2.05, 4.69) is 26.0 Å². The zero-order valence-corrected chi connectivity index (χ0v) is 19.2. The fourth-order valence-electron chi connectivity index (χ4n) is 4.59. The number of halogens is 1. The molecule has 0 saturated heterocycles. The first-order chi connectivity index (χ1) is 15.4. The smallest absolute Gasteiger partial charge is 0.263 e. The summed E-state index contributed by atoms with van der Waals surface area (Å²) in [6.07, 6.45) is 0.572. The van der Waals surface area contributed by atoms with Crippen LogP contribution in [0.2, 0.25) is 5.02 Å². The Bertz CT molecular complexity index is 1280. The van der Waals surface area contributed by atoms with E-state index in [1.165, 1.54) is 0 Å². The molecule has 32 heavy (non-hydrogen) atoms. The molecule has 2 aliphatic rings. The summed E-state index contributed by atoms with van der Waals surface area (Å²) in [5.41, 5.74) is 7.21. The molecular formula is C26H23ClN2O3. The zero-order valence-electron chi connectivity index (χ0n) is 18.4. The van der Waals surface area contributed by atoms with Crippen LogP contribution in [0.5, 0.6) is 11.5 Å². The Balaban J connectivity index is 1.76. The van der Waals surface area contributed by atoms with Gasteiger partial charge in [-0.25, -0.2) is 0 Å². The average molecular weight is 447 g/mol. The van der Waals surface area contributed by atoms with Crippen LogP contribution in [0.4, 0.5) is 11.4 Å². The summed E-state index contributed by atoms with van der Waals surface area (Å²) in [5, 5.41) is 0.676. The summed E-state index contributed by atoms with van der Waals surface area (Å²) in [5.74, 6) is 0.917. The van der Waals surface area contributed by atoms with E-state index < -0.39 is 0 Å². The van der Waals surface area contributed by atoms with E-state index in [9.17, 15) is 4.79 Å². The van der Waals surface area contributed by atoms with E-state index in [-0.39, 0.29) is 11.9 Å². The van der Waals surface area contributed by atoms with E-state index in [0.717, 1.165) is 39.3 Å². The van der Waals surface area contributed by atoms with Crippen molar-refractivity contribution in [1.29, 1.82) is 0 Å². The van der Waals surface area contributed by atoms with Gasteiger partial charge in [-0.1, -0.05) is 29.8 Å². The molecule has 0 N–H and O–H groups in total. The van der Waals surface area contributed by atoms with E-state index in [1.807, 2.05) is 41.3 Å². The number of amides is 1. The summed E-state index contributed by atoms with van der Waals surface area (Å²) in [7, 11) is 3.14. The van der Waals surface area contributed by atoms with Gasteiger partial charge in [0.15, 0.2) is 11.5 Å². The van der Waals surface area contributed by atoms with Crippen LogP contribution in [-0.2, 0) is 0 Å². The van der Waals surface area contributed by atoms with Gasteiger partial charge in [-0.15, -0.1) is 0 Å². The Morgan fingerprint density at radius 2 is 1.72 bits per heavy atom. The van der Waals surface area contributed by atoms with Crippen molar-refractivity contribution in [1.82, 2.24) is 0 Å². The van der Waals surface area contributed by atoms with Crippen molar-refractivity contribution in [3.05, 3.63) is 81.4 Å². The molecule has 6 heteroatoms. The van der Waals surface area contributed by atoms with Gasteiger partial charge < -0.3 is 9.47 Å². The van der Waals surface area contributed by atoms with Crippen LogP contribution in [0.15, 0.2) is 53.5 Å². The highest BCUT2D eigenvalue weighted by Crippen LogP contribution is 2.50. The van der Waals surface area contributed by atoms with Crippen LogP contribution < -0.4 is 14.4 Å². The minimum Gasteiger partial charge on any atom is -0.493 e. The molecule has 1 amide bonds. The summed E-state index contributed by atoms with van der Waals surface area (Å²) in [6.45, 7) is 4.11. The molecule has 0 saturated carbocycles. The minimum absolute atomic E-state index is 0.0993. The second-order valence-corrected chi connectivity index (χ2v) is 8.59. The SMILES string of the molecule is COc1ccc2c(c1OC)C(=O)N1c3cc(C)c(C)cc3N=C(c3ccc(Cl)cc3)CC21. The Hall–Kier alpha value is -3.31. The van der Waals surface area contributed by atoms with Gasteiger partial charge in [-0.05, 0) is 66.4 Å². The third kappa shape index (κ3) is 3.07. The molecule has 0 fully saturated rings. The Labute approximate surface area is 192 Å². The maximum absolute atomic E-state index is 13.8. The zero-order chi connectivity index (χ0) is 22.6. The van der Waals surface area contributed by atoms with Gasteiger partial charge >= 0.3 is 0 Å². The van der Waals surface area contributed by atoms with E-state index in [0.29, 0.717) is 28.5 Å². The first-order valence-corrected chi connectivity index (χ1v) is 10.8. The first kappa shape index (κ1) is 20.6. The average Bonchev–Trinajstić information content (AvgIpc) is 2.96. The number of aliphatic imine (C=N–C) groups is 1.